The predicted octanol–water partition coefficient (Wildman–Crippen LogP) is 1.43. The summed E-state index contributed by atoms with van der Waals surface area (Å²) in [5, 5.41) is 0. The summed E-state index contributed by atoms with van der Waals surface area (Å²) in [4.78, 5) is 0. The van der Waals surface area contributed by atoms with Gasteiger partial charge >= 0.3 is 0 Å². The van der Waals surface area contributed by atoms with Gasteiger partial charge in [-0.15, -0.1) is 0 Å². The third-order valence-electron chi connectivity index (χ3n) is 0.500. The molecule has 0 N–H and O–H groups in total. The Labute approximate surface area is 63.9 Å². The molecule has 0 saturated heterocycles. The van der Waals surface area contributed by atoms with Crippen LogP contribution in [0.1, 0.15) is 26.7 Å². The first-order chi connectivity index (χ1) is 1.91. The molecule has 28 valence electrons. The molecule has 0 fully saturated rings. The van der Waals surface area contributed by atoms with Crippen molar-refractivity contribution in [2.75, 3.05) is 0 Å². The van der Waals surface area contributed by atoms with Crippen molar-refractivity contribution in [3.8, 4) is 0 Å². The molecule has 0 aromatic carbocycles. The first-order valence-corrected chi connectivity index (χ1v) is 1.91. The molecule has 0 amide bonds. The Balaban J connectivity index is 0. The number of unbranched alkanes of at least 4 members (excludes halogenated alkanes) is 1. The molecular formula is C4H10Ca. The molecule has 0 aromatic heterocycles. The van der Waals surface area contributed by atoms with E-state index in [0.29, 0.717) is 0 Å². The third kappa shape index (κ3) is 10.9. The van der Waals surface area contributed by atoms with Gasteiger partial charge in [-0.05, 0) is 0 Å². The van der Waals surface area contributed by atoms with Crippen LogP contribution in [-0.2, 0) is 0 Å². The fraction of sp³-hybridized carbons (Fsp3) is 1.00. The van der Waals surface area contributed by atoms with Crippen LogP contribution in [0.15, 0.2) is 0 Å². The summed E-state index contributed by atoms with van der Waals surface area (Å²) in [6.07, 6.45) is 2.64. The van der Waals surface area contributed by atoms with E-state index < -0.39 is 0 Å². The maximum Gasteiger partial charge on any atom is 0 e. The summed E-state index contributed by atoms with van der Waals surface area (Å²) in [5.41, 5.74) is 0. The SMILES string of the molecule is CCCC.[Ca]. The first-order valence-electron chi connectivity index (χ1n) is 1.91. The van der Waals surface area contributed by atoms with Crippen molar-refractivity contribution in [3.05, 3.63) is 0 Å². The van der Waals surface area contributed by atoms with Crippen molar-refractivity contribution in [2.45, 2.75) is 26.7 Å². The van der Waals surface area contributed by atoms with Crippen LogP contribution >= 0.6 is 0 Å². The van der Waals surface area contributed by atoms with E-state index in [2.05, 4.69) is 13.8 Å². The molecule has 0 unspecified atom stereocenters. The second-order valence-electron chi connectivity index (χ2n) is 1.000. The molecule has 0 atom stereocenters. The number of hydrogen-bond acceptors (Lipinski definition) is 0. The van der Waals surface area contributed by atoms with E-state index in [0.717, 1.165) is 0 Å². The van der Waals surface area contributed by atoms with E-state index in [-0.39, 0.29) is 37.7 Å². The molecule has 0 heterocycles. The Morgan fingerprint density at radius 1 is 1.00 bits per heavy atom. The molecule has 0 aliphatic carbocycles. The molecule has 0 aliphatic rings. The zero-order valence-corrected chi connectivity index (χ0v) is 6.33. The fourth-order valence-corrected chi connectivity index (χ4v) is 0. The maximum absolute atomic E-state index is 2.18. The molecular weight excluding hydrogens is 88.1 g/mol. The fourth-order valence-electron chi connectivity index (χ4n) is 0. The summed E-state index contributed by atoms with van der Waals surface area (Å²) < 4.78 is 0. The largest absolute Gasteiger partial charge is 0.0654 e. The van der Waals surface area contributed by atoms with Gasteiger partial charge in [0.15, 0.2) is 0 Å². The van der Waals surface area contributed by atoms with Gasteiger partial charge in [0.25, 0.3) is 0 Å². The number of hydrogen-bond donors (Lipinski definition) is 0. The van der Waals surface area contributed by atoms with E-state index in [1.54, 1.807) is 0 Å². The normalized spacial score (nSPS) is 6.00. The summed E-state index contributed by atoms with van der Waals surface area (Å²) in [6.45, 7) is 4.36. The van der Waals surface area contributed by atoms with Gasteiger partial charge < -0.3 is 0 Å². The summed E-state index contributed by atoms with van der Waals surface area (Å²) in [6, 6.07) is 0. The smallest absolute Gasteiger partial charge is 0 e. The van der Waals surface area contributed by atoms with Crippen molar-refractivity contribution in [1.29, 1.82) is 0 Å². The standard InChI is InChI=1S/C4H10.Ca/c1-3-4-2;/h3-4H2,1-2H3;. The molecule has 0 spiro atoms. The monoisotopic (exact) mass is 98.0 g/mol. The molecule has 0 aliphatic heterocycles. The Bertz CT molecular complexity index is 5.61. The topological polar surface area (TPSA) is 0 Å². The van der Waals surface area contributed by atoms with Gasteiger partial charge in [-0.3, -0.25) is 0 Å². The molecule has 0 saturated carbocycles. The average molecular weight is 98.2 g/mol. The molecule has 0 nitrogen and oxygen atoms in total. The van der Waals surface area contributed by atoms with Crippen molar-refractivity contribution in [3.63, 3.8) is 0 Å². The summed E-state index contributed by atoms with van der Waals surface area (Å²) in [5.74, 6) is 0. The Kier molecular flexibility index (Phi) is 17.1. The van der Waals surface area contributed by atoms with Gasteiger partial charge in [0, 0.05) is 37.7 Å². The van der Waals surface area contributed by atoms with Gasteiger partial charge in [-0.1, -0.05) is 26.7 Å². The molecule has 0 bridgehead atoms. The minimum Gasteiger partial charge on any atom is -0.0654 e. The van der Waals surface area contributed by atoms with Gasteiger partial charge in [-0.25, -0.2) is 0 Å². The first kappa shape index (κ1) is 9.54. The van der Waals surface area contributed by atoms with Crippen LogP contribution in [0, 0.1) is 0 Å². The van der Waals surface area contributed by atoms with Gasteiger partial charge in [0.1, 0.15) is 0 Å². The third-order valence-corrected chi connectivity index (χ3v) is 0.500. The Morgan fingerprint density at radius 3 is 1.20 bits per heavy atom. The van der Waals surface area contributed by atoms with Crippen molar-refractivity contribution >= 4 is 37.7 Å². The second kappa shape index (κ2) is 8.98. The maximum atomic E-state index is 2.18. The van der Waals surface area contributed by atoms with Gasteiger partial charge in [0.2, 0.25) is 0 Å². The van der Waals surface area contributed by atoms with Crippen LogP contribution < -0.4 is 0 Å². The quantitative estimate of drug-likeness (QED) is 0.435. The van der Waals surface area contributed by atoms with Crippen molar-refractivity contribution in [2.24, 2.45) is 0 Å². The minimum absolute atomic E-state index is 0. The summed E-state index contributed by atoms with van der Waals surface area (Å²) in [7, 11) is 0. The van der Waals surface area contributed by atoms with Crippen molar-refractivity contribution in [1.82, 2.24) is 0 Å². The zero-order chi connectivity index (χ0) is 3.41. The van der Waals surface area contributed by atoms with E-state index in [1.807, 2.05) is 0 Å². The molecule has 5 heavy (non-hydrogen) atoms. The minimum atomic E-state index is 0. The van der Waals surface area contributed by atoms with E-state index >= 15 is 0 Å². The van der Waals surface area contributed by atoms with Crippen LogP contribution in [0.4, 0.5) is 0 Å². The molecule has 2 radical (unpaired) electrons. The Hall–Kier alpha value is 1.26. The predicted molar refractivity (Wildman–Crippen MR) is 26.3 cm³/mol. The van der Waals surface area contributed by atoms with Gasteiger partial charge in [0.05, 0.1) is 0 Å². The van der Waals surface area contributed by atoms with Crippen molar-refractivity contribution < 1.29 is 0 Å². The van der Waals surface area contributed by atoms with Crippen LogP contribution in [0.5, 0.6) is 0 Å². The van der Waals surface area contributed by atoms with Crippen LogP contribution in [0.25, 0.3) is 0 Å². The van der Waals surface area contributed by atoms with Gasteiger partial charge in [-0.2, -0.15) is 0 Å². The van der Waals surface area contributed by atoms with E-state index in [9.17, 15) is 0 Å². The summed E-state index contributed by atoms with van der Waals surface area (Å²) >= 11 is 0. The molecule has 0 aromatic rings. The second-order valence-corrected chi connectivity index (χ2v) is 1.000. The molecule has 1 heteroatoms. The van der Waals surface area contributed by atoms with E-state index in [1.165, 1.54) is 12.8 Å². The Morgan fingerprint density at radius 2 is 1.20 bits per heavy atom. The average Bonchev–Trinajstić information content (AvgIpc) is 1.37. The molecule has 0 rings (SSSR count). The van der Waals surface area contributed by atoms with Crippen LogP contribution in [0.2, 0.25) is 0 Å². The van der Waals surface area contributed by atoms with Crippen LogP contribution in [-0.4, -0.2) is 37.7 Å². The number of rotatable bonds is 1. The van der Waals surface area contributed by atoms with Crippen LogP contribution in [0.3, 0.4) is 0 Å². The zero-order valence-electron chi connectivity index (χ0n) is 4.12. The van der Waals surface area contributed by atoms with E-state index in [4.69, 9.17) is 0 Å².